The second kappa shape index (κ2) is 7.95. The van der Waals surface area contributed by atoms with Crippen molar-refractivity contribution in [1.82, 2.24) is 0 Å². The molecule has 0 aromatic carbocycles. The van der Waals surface area contributed by atoms with E-state index in [1.807, 2.05) is 13.0 Å². The van der Waals surface area contributed by atoms with Crippen LogP contribution in [0.3, 0.4) is 0 Å². The van der Waals surface area contributed by atoms with E-state index in [4.69, 9.17) is 0 Å². The van der Waals surface area contributed by atoms with Gasteiger partial charge in [0.05, 0.1) is 0 Å². The summed E-state index contributed by atoms with van der Waals surface area (Å²) in [6.07, 6.45) is 4.71. The van der Waals surface area contributed by atoms with E-state index < -0.39 is 0 Å². The number of allylic oxidation sites excluding steroid dienone is 1. The number of hydrogen-bond acceptors (Lipinski definition) is 2. The predicted octanol–water partition coefficient (Wildman–Crippen LogP) is 1.93. The van der Waals surface area contributed by atoms with Gasteiger partial charge in [0.2, 0.25) is 0 Å². The van der Waals surface area contributed by atoms with Gasteiger partial charge < -0.3 is 4.74 Å². The van der Waals surface area contributed by atoms with Crippen LogP contribution in [0.2, 0.25) is 0 Å². The van der Waals surface area contributed by atoms with Crippen molar-refractivity contribution in [1.29, 1.82) is 0 Å². The van der Waals surface area contributed by atoms with Crippen LogP contribution in [0.4, 0.5) is 0 Å². The van der Waals surface area contributed by atoms with Gasteiger partial charge in [-0.15, -0.1) is 0 Å². The van der Waals surface area contributed by atoms with Gasteiger partial charge in [-0.25, -0.2) is 4.79 Å². The predicted molar refractivity (Wildman–Crippen MR) is 42.7 cm³/mol. The molecule has 0 aromatic heterocycles. The molecular formula is C8H14O2. The van der Waals surface area contributed by atoms with Gasteiger partial charge in [0.25, 0.3) is 0 Å². The number of carbonyl (C=O) groups excluding carboxylic acids is 1. The molecule has 0 rings (SSSR count). The van der Waals surface area contributed by atoms with Crippen molar-refractivity contribution in [2.24, 2.45) is 0 Å². The Labute approximate surface area is 62.2 Å². The summed E-state index contributed by atoms with van der Waals surface area (Å²) in [6, 6.07) is 0. The molecule has 0 spiro atoms. The zero-order valence-corrected chi connectivity index (χ0v) is 5.46. The van der Waals surface area contributed by atoms with Gasteiger partial charge in [-0.3, -0.25) is 0 Å². The van der Waals surface area contributed by atoms with Gasteiger partial charge in [-0.05, 0) is 6.92 Å². The summed E-state index contributed by atoms with van der Waals surface area (Å²) in [5.74, 6) is -0.381. The maximum atomic E-state index is 10.3. The largest absolute Gasteiger partial charge is 0.458 e. The lowest BCUT2D eigenvalue weighted by Gasteiger charge is -1.93. The lowest BCUT2D eigenvalue weighted by molar-refractivity contribution is -0.136. The highest BCUT2D eigenvalue weighted by atomic mass is 16.5. The summed E-state index contributed by atoms with van der Waals surface area (Å²) >= 11 is 0. The molecule has 0 saturated carbocycles. The van der Waals surface area contributed by atoms with Crippen LogP contribution in [0, 0.1) is 0 Å². The summed E-state index contributed by atoms with van der Waals surface area (Å²) in [6.45, 7) is 5.44. The standard InChI is InChI=1S/C7H10O2.CH4/c1-3-5-6-9-7(8)4-2;/h3-5H,2,6H2,1H3;1H4. The maximum absolute atomic E-state index is 10.3. The summed E-state index contributed by atoms with van der Waals surface area (Å²) in [5, 5.41) is 0. The first-order valence-corrected chi connectivity index (χ1v) is 2.71. The molecule has 0 fully saturated rings. The fourth-order valence-electron chi connectivity index (χ4n) is 0.285. The highest BCUT2D eigenvalue weighted by molar-refractivity contribution is 5.81. The molecule has 10 heavy (non-hydrogen) atoms. The van der Waals surface area contributed by atoms with Crippen molar-refractivity contribution < 1.29 is 9.53 Å². The first kappa shape index (κ1) is 11.7. The zero-order chi connectivity index (χ0) is 7.11. The molecule has 0 N–H and O–H groups in total. The summed E-state index contributed by atoms with van der Waals surface area (Å²) in [5.41, 5.74) is 0. The van der Waals surface area contributed by atoms with E-state index in [2.05, 4.69) is 11.3 Å². The van der Waals surface area contributed by atoms with Gasteiger partial charge >= 0.3 is 5.97 Å². The summed E-state index contributed by atoms with van der Waals surface area (Å²) < 4.78 is 4.59. The van der Waals surface area contributed by atoms with E-state index in [1.54, 1.807) is 6.08 Å². The van der Waals surface area contributed by atoms with E-state index in [0.29, 0.717) is 6.61 Å². The lowest BCUT2D eigenvalue weighted by atomic mass is 10.5. The molecule has 0 bridgehead atoms. The molecule has 58 valence electrons. The van der Waals surface area contributed by atoms with Crippen molar-refractivity contribution in [3.63, 3.8) is 0 Å². The van der Waals surface area contributed by atoms with Crippen molar-refractivity contribution in [2.45, 2.75) is 14.4 Å². The van der Waals surface area contributed by atoms with E-state index in [1.165, 1.54) is 0 Å². The first-order chi connectivity index (χ1) is 4.31. The molecule has 0 saturated heterocycles. The second-order valence-corrected chi connectivity index (χ2v) is 1.40. The van der Waals surface area contributed by atoms with Gasteiger partial charge in [0.1, 0.15) is 6.61 Å². The third-order valence-corrected chi connectivity index (χ3v) is 0.724. The molecule has 0 aliphatic heterocycles. The van der Waals surface area contributed by atoms with E-state index in [-0.39, 0.29) is 13.4 Å². The molecule has 0 radical (unpaired) electrons. The Kier molecular flexibility index (Phi) is 9.31. The Morgan fingerprint density at radius 1 is 1.70 bits per heavy atom. The van der Waals surface area contributed by atoms with Crippen LogP contribution in [-0.2, 0) is 9.53 Å². The van der Waals surface area contributed by atoms with Crippen LogP contribution in [0.5, 0.6) is 0 Å². The minimum absolute atomic E-state index is 0. The Morgan fingerprint density at radius 2 is 2.30 bits per heavy atom. The van der Waals surface area contributed by atoms with Crippen molar-refractivity contribution in [3.05, 3.63) is 24.8 Å². The highest BCUT2D eigenvalue weighted by Gasteiger charge is 1.88. The minimum Gasteiger partial charge on any atom is -0.458 e. The number of esters is 1. The number of carbonyl (C=O) groups is 1. The third kappa shape index (κ3) is 6.95. The molecule has 2 heteroatoms. The van der Waals surface area contributed by atoms with Crippen LogP contribution >= 0.6 is 0 Å². The van der Waals surface area contributed by atoms with Gasteiger partial charge in [0.15, 0.2) is 0 Å². The third-order valence-electron chi connectivity index (χ3n) is 0.724. The van der Waals surface area contributed by atoms with Crippen molar-refractivity contribution in [3.8, 4) is 0 Å². The van der Waals surface area contributed by atoms with Crippen LogP contribution in [-0.4, -0.2) is 12.6 Å². The van der Waals surface area contributed by atoms with E-state index in [9.17, 15) is 4.79 Å². The maximum Gasteiger partial charge on any atom is 0.330 e. The van der Waals surface area contributed by atoms with Gasteiger partial charge in [-0.1, -0.05) is 26.2 Å². The molecule has 0 aliphatic carbocycles. The van der Waals surface area contributed by atoms with Gasteiger partial charge in [-0.2, -0.15) is 0 Å². The van der Waals surface area contributed by atoms with Gasteiger partial charge in [0, 0.05) is 6.08 Å². The topological polar surface area (TPSA) is 26.3 Å². The number of ether oxygens (including phenoxy) is 1. The average Bonchev–Trinajstić information content (AvgIpc) is 1.89. The molecule has 0 aromatic rings. The van der Waals surface area contributed by atoms with Crippen LogP contribution in [0.15, 0.2) is 24.8 Å². The zero-order valence-electron chi connectivity index (χ0n) is 5.46. The molecule has 0 unspecified atom stereocenters. The molecule has 2 nitrogen and oxygen atoms in total. The van der Waals surface area contributed by atoms with E-state index >= 15 is 0 Å². The Morgan fingerprint density at radius 3 is 2.70 bits per heavy atom. The average molecular weight is 142 g/mol. The first-order valence-electron chi connectivity index (χ1n) is 2.71. The summed E-state index contributed by atoms with van der Waals surface area (Å²) in [7, 11) is 0. The number of rotatable bonds is 3. The van der Waals surface area contributed by atoms with Crippen molar-refractivity contribution in [2.75, 3.05) is 6.61 Å². The monoisotopic (exact) mass is 142 g/mol. The Balaban J connectivity index is 0. The second-order valence-electron chi connectivity index (χ2n) is 1.40. The highest BCUT2D eigenvalue weighted by Crippen LogP contribution is 1.79. The van der Waals surface area contributed by atoms with Crippen molar-refractivity contribution >= 4 is 5.97 Å². The van der Waals surface area contributed by atoms with Crippen LogP contribution < -0.4 is 0 Å². The fraction of sp³-hybridized carbons (Fsp3) is 0.375. The fourth-order valence-corrected chi connectivity index (χ4v) is 0.285. The Bertz CT molecular complexity index is 125. The van der Waals surface area contributed by atoms with E-state index in [0.717, 1.165) is 6.08 Å². The molecule has 0 aliphatic rings. The lowest BCUT2D eigenvalue weighted by Crippen LogP contribution is -1.98. The van der Waals surface area contributed by atoms with Crippen LogP contribution in [0.25, 0.3) is 0 Å². The Hall–Kier alpha value is -1.05. The number of hydrogen-bond donors (Lipinski definition) is 0. The SMILES string of the molecule is C.C=CC(=O)OCC=CC. The molecular weight excluding hydrogens is 128 g/mol. The molecule has 0 heterocycles. The summed E-state index contributed by atoms with van der Waals surface area (Å²) in [4.78, 5) is 10.3. The molecule has 0 amide bonds. The minimum atomic E-state index is -0.381. The smallest absolute Gasteiger partial charge is 0.330 e. The molecule has 0 atom stereocenters. The normalized spacial score (nSPS) is 8.50. The quantitative estimate of drug-likeness (QED) is 0.342. The van der Waals surface area contributed by atoms with Crippen LogP contribution in [0.1, 0.15) is 14.4 Å².